The molecule has 2 amide bonds. The summed E-state index contributed by atoms with van der Waals surface area (Å²) in [5, 5.41) is 1.85. The van der Waals surface area contributed by atoms with Gasteiger partial charge in [0, 0.05) is 13.0 Å². The molecule has 0 spiro atoms. The highest BCUT2D eigenvalue weighted by molar-refractivity contribution is 7.98. The third-order valence-corrected chi connectivity index (χ3v) is 6.04. The van der Waals surface area contributed by atoms with Crippen molar-refractivity contribution in [1.29, 1.82) is 0 Å². The molecule has 0 aromatic carbocycles. The number of imide groups is 1. The number of quaternary nitrogens is 1. The highest BCUT2D eigenvalue weighted by Crippen LogP contribution is 2.46. The maximum atomic E-state index is 13.1. The monoisotopic (exact) mass is 381 g/mol. The number of thioether (sulfide) groups is 1. The van der Waals surface area contributed by atoms with Crippen LogP contribution in [-0.2, 0) is 19.1 Å². The Labute approximate surface area is 156 Å². The van der Waals surface area contributed by atoms with Gasteiger partial charge in [0.25, 0.3) is 0 Å². The number of hydrogen-bond donors (Lipinski definition) is 1. The molecule has 3 heterocycles. The number of likely N-dealkylation sites (tertiary alicyclic amines) is 1. The number of fused-ring (bicyclic) bond motifs is 1. The molecule has 4 atom stereocenters. The lowest BCUT2D eigenvalue weighted by Crippen LogP contribution is -2.98. The number of ether oxygens (including phenoxy) is 1. The fourth-order valence-corrected chi connectivity index (χ4v) is 4.85. The Morgan fingerprint density at radius 1 is 1.38 bits per heavy atom. The largest absolute Gasteiger partial charge is 0.463 e. The number of carbonyl (C=O) groups is 3. The fourth-order valence-electron chi connectivity index (χ4n) is 4.31. The second-order valence-electron chi connectivity index (χ2n) is 6.64. The number of nitrogens with two attached hydrogens (primary N) is 1. The van der Waals surface area contributed by atoms with Crippen LogP contribution in [0.15, 0.2) is 22.8 Å². The van der Waals surface area contributed by atoms with Crippen molar-refractivity contribution < 1.29 is 28.9 Å². The molecular formula is C18H25N2O5S+. The summed E-state index contributed by atoms with van der Waals surface area (Å²) in [5.74, 6) is -0.961. The summed E-state index contributed by atoms with van der Waals surface area (Å²) in [5.41, 5.74) is -1.10. The molecule has 0 aliphatic carbocycles. The Morgan fingerprint density at radius 3 is 2.73 bits per heavy atom. The van der Waals surface area contributed by atoms with Gasteiger partial charge in [-0.2, -0.15) is 11.8 Å². The molecule has 0 radical (unpaired) electrons. The van der Waals surface area contributed by atoms with Gasteiger partial charge in [0.05, 0.1) is 12.9 Å². The standard InChI is InChI=1S/C18H24N2O5S/c1-4-20-15(21)12-13(16(20)22)18(8-10-26-3,17(23)24-5-2)19-14(12)11-7-6-9-25-11/h6-7,9,12-14,19H,4-5,8,10H2,1-3H3/p+1/t12-,13+,14-,18+/m0/s1. The van der Waals surface area contributed by atoms with E-state index in [1.807, 2.05) is 11.6 Å². The zero-order chi connectivity index (χ0) is 18.9. The van der Waals surface area contributed by atoms with Crippen LogP contribution in [0, 0.1) is 11.8 Å². The topological polar surface area (TPSA) is 93.4 Å². The molecule has 3 rings (SSSR count). The number of furan rings is 1. The van der Waals surface area contributed by atoms with Crippen LogP contribution >= 0.6 is 11.8 Å². The van der Waals surface area contributed by atoms with Gasteiger partial charge in [-0.15, -0.1) is 0 Å². The van der Waals surface area contributed by atoms with Crippen molar-refractivity contribution in [3.8, 4) is 0 Å². The molecule has 2 N–H and O–H groups in total. The van der Waals surface area contributed by atoms with Crippen molar-refractivity contribution in [2.24, 2.45) is 11.8 Å². The summed E-state index contributed by atoms with van der Waals surface area (Å²) in [6.45, 7) is 4.06. The third kappa shape index (κ3) is 2.75. The minimum Gasteiger partial charge on any atom is -0.463 e. The van der Waals surface area contributed by atoms with Gasteiger partial charge in [0.1, 0.15) is 11.8 Å². The van der Waals surface area contributed by atoms with Crippen molar-refractivity contribution in [3.63, 3.8) is 0 Å². The van der Waals surface area contributed by atoms with E-state index in [0.717, 1.165) is 0 Å². The van der Waals surface area contributed by atoms with Gasteiger partial charge >= 0.3 is 5.97 Å². The summed E-state index contributed by atoms with van der Waals surface area (Å²) in [7, 11) is 0. The molecule has 2 aliphatic heterocycles. The number of nitrogens with zero attached hydrogens (tertiary/aromatic N) is 1. The second kappa shape index (κ2) is 7.44. The van der Waals surface area contributed by atoms with Gasteiger partial charge in [0.2, 0.25) is 17.4 Å². The lowest BCUT2D eigenvalue weighted by atomic mass is 9.78. The number of hydrogen-bond acceptors (Lipinski definition) is 6. The van der Waals surface area contributed by atoms with Gasteiger partial charge in [0.15, 0.2) is 11.8 Å². The van der Waals surface area contributed by atoms with Crippen LogP contribution in [0.1, 0.15) is 32.1 Å². The van der Waals surface area contributed by atoms with E-state index in [0.29, 0.717) is 24.5 Å². The van der Waals surface area contributed by atoms with E-state index in [1.54, 1.807) is 44.0 Å². The van der Waals surface area contributed by atoms with Gasteiger partial charge < -0.3 is 14.5 Å². The molecule has 2 fully saturated rings. The zero-order valence-corrected chi connectivity index (χ0v) is 16.1. The molecule has 26 heavy (non-hydrogen) atoms. The van der Waals surface area contributed by atoms with E-state index in [1.165, 1.54) is 4.90 Å². The minimum absolute atomic E-state index is 0.226. The van der Waals surface area contributed by atoms with Crippen molar-refractivity contribution in [3.05, 3.63) is 24.2 Å². The van der Waals surface area contributed by atoms with E-state index in [-0.39, 0.29) is 18.4 Å². The van der Waals surface area contributed by atoms with Crippen LogP contribution in [0.3, 0.4) is 0 Å². The molecule has 1 aromatic heterocycles. The molecule has 0 saturated carbocycles. The van der Waals surface area contributed by atoms with E-state index in [4.69, 9.17) is 9.15 Å². The first kappa shape index (κ1) is 19.0. The van der Waals surface area contributed by atoms with Crippen molar-refractivity contribution in [1.82, 2.24) is 4.90 Å². The van der Waals surface area contributed by atoms with Crippen LogP contribution in [0.2, 0.25) is 0 Å². The van der Waals surface area contributed by atoms with Gasteiger partial charge in [-0.3, -0.25) is 14.5 Å². The number of amides is 2. The lowest BCUT2D eigenvalue weighted by molar-refractivity contribution is -0.736. The Morgan fingerprint density at radius 2 is 2.15 bits per heavy atom. The lowest BCUT2D eigenvalue weighted by Gasteiger charge is -2.29. The first-order valence-corrected chi connectivity index (χ1v) is 10.3. The highest BCUT2D eigenvalue weighted by Gasteiger charge is 2.72. The van der Waals surface area contributed by atoms with Crippen LogP contribution in [-0.4, -0.2) is 53.4 Å². The Bertz CT molecular complexity index is 692. The van der Waals surface area contributed by atoms with Gasteiger partial charge in [-0.25, -0.2) is 4.79 Å². The summed E-state index contributed by atoms with van der Waals surface area (Å²) < 4.78 is 10.9. The van der Waals surface area contributed by atoms with Crippen molar-refractivity contribution in [2.75, 3.05) is 25.2 Å². The van der Waals surface area contributed by atoms with Crippen LogP contribution < -0.4 is 5.32 Å². The third-order valence-electron chi connectivity index (χ3n) is 5.42. The Kier molecular flexibility index (Phi) is 5.43. The number of carbonyl (C=O) groups excluding carboxylic acids is 3. The SMILES string of the molecule is CCOC(=O)[C@]1(CCSC)[NH2+][C@@H](c2ccco2)[C@H]2C(=O)N(CC)C(=O)[C@@H]21. The number of rotatable bonds is 7. The Hall–Kier alpha value is -1.80. The van der Waals surface area contributed by atoms with E-state index >= 15 is 0 Å². The summed E-state index contributed by atoms with van der Waals surface area (Å²) in [6, 6.07) is 3.14. The number of esters is 1. The van der Waals surface area contributed by atoms with E-state index < -0.39 is 29.4 Å². The van der Waals surface area contributed by atoms with E-state index in [9.17, 15) is 14.4 Å². The average molecular weight is 381 g/mol. The van der Waals surface area contributed by atoms with Crippen molar-refractivity contribution in [2.45, 2.75) is 31.8 Å². The fraction of sp³-hybridized carbons (Fsp3) is 0.611. The predicted octanol–water partition coefficient (Wildman–Crippen LogP) is 0.574. The van der Waals surface area contributed by atoms with Crippen molar-refractivity contribution >= 4 is 29.5 Å². The first-order chi connectivity index (χ1) is 12.5. The normalized spacial score (nSPS) is 30.7. The smallest absolute Gasteiger partial charge is 0.368 e. The molecule has 0 bridgehead atoms. The molecule has 0 unspecified atom stereocenters. The maximum absolute atomic E-state index is 13.1. The molecule has 2 aliphatic rings. The average Bonchev–Trinajstić information content (AvgIpc) is 3.31. The molecular weight excluding hydrogens is 356 g/mol. The molecule has 142 valence electrons. The summed E-state index contributed by atoms with van der Waals surface area (Å²) in [6.07, 6.45) is 3.96. The van der Waals surface area contributed by atoms with Crippen LogP contribution in [0.4, 0.5) is 0 Å². The van der Waals surface area contributed by atoms with Crippen LogP contribution in [0.25, 0.3) is 0 Å². The first-order valence-electron chi connectivity index (χ1n) is 8.92. The zero-order valence-electron chi connectivity index (χ0n) is 15.3. The highest BCUT2D eigenvalue weighted by atomic mass is 32.2. The minimum atomic E-state index is -1.10. The molecule has 2 saturated heterocycles. The van der Waals surface area contributed by atoms with Gasteiger partial charge in [-0.1, -0.05) is 0 Å². The predicted molar refractivity (Wildman–Crippen MR) is 95.1 cm³/mol. The quantitative estimate of drug-likeness (QED) is 0.548. The summed E-state index contributed by atoms with van der Waals surface area (Å²) in [4.78, 5) is 40.3. The molecule has 8 heteroatoms. The van der Waals surface area contributed by atoms with Gasteiger partial charge in [-0.05, 0) is 38.0 Å². The van der Waals surface area contributed by atoms with Crippen LogP contribution in [0.5, 0.6) is 0 Å². The Balaban J connectivity index is 2.10. The molecule has 1 aromatic rings. The second-order valence-corrected chi connectivity index (χ2v) is 7.62. The maximum Gasteiger partial charge on any atom is 0.368 e. The van der Waals surface area contributed by atoms with E-state index in [2.05, 4.69) is 0 Å². The summed E-state index contributed by atoms with van der Waals surface area (Å²) >= 11 is 1.60. The molecule has 7 nitrogen and oxygen atoms in total.